The molecular weight excluding hydrogens is 781 g/mol. The summed E-state index contributed by atoms with van der Waals surface area (Å²) in [5, 5.41) is 9.86. The molecule has 0 unspecified atom stereocenters. The van der Waals surface area contributed by atoms with Gasteiger partial charge in [0.2, 0.25) is 0 Å². The van der Waals surface area contributed by atoms with E-state index < -0.39 is 23.5 Å². The topological polar surface area (TPSA) is 161 Å². The third-order valence-electron chi connectivity index (χ3n) is 9.71. The Morgan fingerprint density at radius 1 is 0.426 bits per heavy atom. The summed E-state index contributed by atoms with van der Waals surface area (Å²) in [5.74, 6) is -2.07. The van der Waals surface area contributed by atoms with Crippen molar-refractivity contribution in [2.45, 2.75) is 116 Å². The second-order valence-electron chi connectivity index (χ2n) is 14.6. The SMILES string of the molecule is C=CC(=O)OCCCCCCCCCCCOc1ccc(OC(=O)c2ccc(C(=O)Oc3ccc(OCCCCCCCCCCCOC(=O)C=C)cc3)c(C(=O)O)c2)cc1. The highest BCUT2D eigenvalue weighted by Crippen LogP contribution is 2.23. The van der Waals surface area contributed by atoms with Gasteiger partial charge in [-0.05, 0) is 92.4 Å². The third kappa shape index (κ3) is 21.3. The summed E-state index contributed by atoms with van der Waals surface area (Å²) in [5.41, 5.74) is -0.651. The van der Waals surface area contributed by atoms with Crippen LogP contribution < -0.4 is 18.9 Å². The zero-order valence-electron chi connectivity index (χ0n) is 35.4. The molecule has 3 aromatic carbocycles. The van der Waals surface area contributed by atoms with Crippen molar-refractivity contribution in [1.29, 1.82) is 0 Å². The average molecular weight is 843 g/mol. The largest absolute Gasteiger partial charge is 0.494 e. The van der Waals surface area contributed by atoms with Gasteiger partial charge < -0.3 is 33.5 Å². The van der Waals surface area contributed by atoms with E-state index in [2.05, 4.69) is 13.2 Å². The van der Waals surface area contributed by atoms with E-state index in [9.17, 15) is 29.1 Å². The number of benzene rings is 3. The van der Waals surface area contributed by atoms with Crippen LogP contribution in [0.4, 0.5) is 0 Å². The lowest BCUT2D eigenvalue weighted by molar-refractivity contribution is -0.138. The number of carbonyl (C=O) groups is 5. The minimum Gasteiger partial charge on any atom is -0.494 e. The maximum Gasteiger partial charge on any atom is 0.344 e. The molecule has 0 atom stereocenters. The van der Waals surface area contributed by atoms with Crippen LogP contribution in [-0.2, 0) is 19.1 Å². The summed E-state index contributed by atoms with van der Waals surface area (Å²) < 4.78 is 32.5. The minimum absolute atomic E-state index is 0.0419. The van der Waals surface area contributed by atoms with Crippen molar-refractivity contribution < 1.29 is 57.5 Å². The molecule has 0 amide bonds. The molecule has 0 aliphatic carbocycles. The molecule has 61 heavy (non-hydrogen) atoms. The van der Waals surface area contributed by atoms with Gasteiger partial charge in [0.1, 0.15) is 23.0 Å². The Morgan fingerprint density at radius 3 is 1.15 bits per heavy atom. The lowest BCUT2D eigenvalue weighted by Gasteiger charge is -2.11. The molecule has 0 saturated heterocycles. The number of carboxylic acids is 1. The fourth-order valence-electron chi connectivity index (χ4n) is 6.29. The van der Waals surface area contributed by atoms with Gasteiger partial charge in [-0.15, -0.1) is 0 Å². The molecule has 1 N–H and O–H groups in total. The number of carboxylic acid groups (broad SMARTS) is 1. The van der Waals surface area contributed by atoms with Crippen molar-refractivity contribution in [3.63, 3.8) is 0 Å². The quantitative estimate of drug-likeness (QED) is 0.0268. The molecule has 0 radical (unpaired) electrons. The first kappa shape index (κ1) is 49.5. The van der Waals surface area contributed by atoms with Crippen molar-refractivity contribution >= 4 is 29.8 Å². The molecule has 3 rings (SSSR count). The van der Waals surface area contributed by atoms with Crippen molar-refractivity contribution in [2.75, 3.05) is 26.4 Å². The molecule has 0 spiro atoms. The van der Waals surface area contributed by atoms with Gasteiger partial charge in [-0.25, -0.2) is 24.0 Å². The number of carbonyl (C=O) groups excluding carboxylic acids is 4. The van der Waals surface area contributed by atoms with Gasteiger partial charge in [0.15, 0.2) is 0 Å². The number of hydrogen-bond acceptors (Lipinski definition) is 11. The highest BCUT2D eigenvalue weighted by Gasteiger charge is 2.22. The zero-order chi connectivity index (χ0) is 43.9. The molecule has 3 aromatic rings. The van der Waals surface area contributed by atoms with Gasteiger partial charge in [0.25, 0.3) is 0 Å². The summed E-state index contributed by atoms with van der Waals surface area (Å²) in [6.07, 6.45) is 21.7. The lowest BCUT2D eigenvalue weighted by atomic mass is 10.0. The molecule has 0 saturated carbocycles. The van der Waals surface area contributed by atoms with Gasteiger partial charge in [0, 0.05) is 12.2 Å². The number of unbranched alkanes of at least 4 members (excludes halogenated alkanes) is 16. The molecule has 330 valence electrons. The Labute approximate surface area is 360 Å². The summed E-state index contributed by atoms with van der Waals surface area (Å²) in [6, 6.07) is 16.8. The monoisotopic (exact) mass is 842 g/mol. The molecule has 0 aromatic heterocycles. The van der Waals surface area contributed by atoms with E-state index in [4.69, 9.17) is 28.4 Å². The second-order valence-corrected chi connectivity index (χ2v) is 14.6. The van der Waals surface area contributed by atoms with Crippen molar-refractivity contribution in [3.05, 3.63) is 109 Å². The minimum atomic E-state index is -1.40. The molecule has 12 heteroatoms. The smallest absolute Gasteiger partial charge is 0.344 e. The van der Waals surface area contributed by atoms with Crippen LogP contribution in [0.15, 0.2) is 92.0 Å². The van der Waals surface area contributed by atoms with Crippen molar-refractivity contribution in [2.24, 2.45) is 0 Å². The van der Waals surface area contributed by atoms with E-state index in [1.54, 1.807) is 48.5 Å². The summed E-state index contributed by atoms with van der Waals surface area (Å²) in [7, 11) is 0. The summed E-state index contributed by atoms with van der Waals surface area (Å²) >= 11 is 0. The normalized spacial score (nSPS) is 10.6. The predicted octanol–water partition coefficient (Wildman–Crippen LogP) is 11.1. The van der Waals surface area contributed by atoms with Gasteiger partial charge in [-0.1, -0.05) is 103 Å². The molecule has 0 heterocycles. The first-order valence-electron chi connectivity index (χ1n) is 21.6. The third-order valence-corrected chi connectivity index (χ3v) is 9.71. The maximum absolute atomic E-state index is 13.0. The van der Waals surface area contributed by atoms with Crippen molar-refractivity contribution in [1.82, 2.24) is 0 Å². The summed E-state index contributed by atoms with van der Waals surface area (Å²) in [6.45, 7) is 8.79. The van der Waals surface area contributed by atoms with Crippen LogP contribution in [0.5, 0.6) is 23.0 Å². The lowest BCUT2D eigenvalue weighted by Crippen LogP contribution is -2.16. The van der Waals surface area contributed by atoms with Gasteiger partial charge in [0.05, 0.1) is 43.1 Å². The number of hydrogen-bond donors (Lipinski definition) is 1. The fraction of sp³-hybridized carbons (Fsp3) is 0.449. The first-order valence-corrected chi connectivity index (χ1v) is 21.6. The highest BCUT2D eigenvalue weighted by atomic mass is 16.5. The fourth-order valence-corrected chi connectivity index (χ4v) is 6.29. The molecule has 0 aliphatic heterocycles. The summed E-state index contributed by atoms with van der Waals surface area (Å²) in [4.78, 5) is 60.1. The number of esters is 4. The van der Waals surface area contributed by atoms with E-state index in [0.717, 1.165) is 83.1 Å². The van der Waals surface area contributed by atoms with Crippen LogP contribution in [0.2, 0.25) is 0 Å². The molecule has 12 nitrogen and oxygen atoms in total. The van der Waals surface area contributed by atoms with Crippen LogP contribution in [0.3, 0.4) is 0 Å². The first-order chi connectivity index (χ1) is 29.7. The van der Waals surface area contributed by atoms with E-state index in [-0.39, 0.29) is 34.6 Å². The Bertz CT molecular complexity index is 1800. The molecule has 0 fully saturated rings. The number of aromatic carboxylic acids is 1. The highest BCUT2D eigenvalue weighted by molar-refractivity contribution is 6.05. The average Bonchev–Trinajstić information content (AvgIpc) is 3.27. The maximum atomic E-state index is 13.0. The van der Waals surface area contributed by atoms with Gasteiger partial charge in [-0.3, -0.25) is 0 Å². The van der Waals surface area contributed by atoms with Crippen LogP contribution in [0, 0.1) is 0 Å². The van der Waals surface area contributed by atoms with E-state index in [1.165, 1.54) is 62.8 Å². The Balaban J connectivity index is 1.30. The van der Waals surface area contributed by atoms with Crippen LogP contribution in [-0.4, -0.2) is 61.4 Å². The van der Waals surface area contributed by atoms with E-state index >= 15 is 0 Å². The van der Waals surface area contributed by atoms with Crippen LogP contribution >= 0.6 is 0 Å². The van der Waals surface area contributed by atoms with Crippen LogP contribution in [0.25, 0.3) is 0 Å². The Morgan fingerprint density at radius 2 is 0.770 bits per heavy atom. The Kier molecular flexibility index (Phi) is 24.5. The zero-order valence-corrected chi connectivity index (χ0v) is 35.4. The van der Waals surface area contributed by atoms with E-state index in [0.29, 0.717) is 37.9 Å². The van der Waals surface area contributed by atoms with E-state index in [1.807, 2.05) is 0 Å². The standard InChI is InChI=1S/C49H62O12/c1-3-45(50)58-35-21-17-13-9-5-7-11-15-19-33-56-39-24-28-41(29-25-39)60-48(54)38-23-32-43(44(37-38)47(52)53)49(55)61-42-30-26-40(27-31-42)57-34-20-16-12-8-6-10-14-18-22-36-59-46(51)4-2/h3-4,23-32,37H,1-2,5-22,33-36H2,(H,52,53). The van der Waals surface area contributed by atoms with Crippen LogP contribution in [0.1, 0.15) is 147 Å². The molecular formula is C49H62O12. The molecule has 0 aliphatic rings. The van der Waals surface area contributed by atoms with Crippen molar-refractivity contribution in [3.8, 4) is 23.0 Å². The number of ether oxygens (including phenoxy) is 6. The number of rotatable bonds is 33. The Hall–Kier alpha value is -5.91. The predicted molar refractivity (Wildman–Crippen MR) is 233 cm³/mol. The molecule has 0 bridgehead atoms. The van der Waals surface area contributed by atoms with Gasteiger partial charge in [-0.2, -0.15) is 0 Å². The van der Waals surface area contributed by atoms with Gasteiger partial charge >= 0.3 is 29.8 Å². The second kappa shape index (κ2) is 30.2.